The lowest BCUT2D eigenvalue weighted by atomic mass is 10.0. The Balaban J connectivity index is 1.64. The fourth-order valence-electron chi connectivity index (χ4n) is 4.06. The molecule has 1 saturated heterocycles. The van der Waals surface area contributed by atoms with Crippen LogP contribution in [0.3, 0.4) is 0 Å². The van der Waals surface area contributed by atoms with Gasteiger partial charge in [0.05, 0.1) is 36.4 Å². The number of rotatable bonds is 6. The molecule has 1 aliphatic rings. The summed E-state index contributed by atoms with van der Waals surface area (Å²) in [6, 6.07) is 17.0. The number of nitrogens with zero attached hydrogens (tertiary/aromatic N) is 4. The largest absolute Gasteiger partial charge is 0.497 e. The van der Waals surface area contributed by atoms with Crippen molar-refractivity contribution in [2.75, 3.05) is 25.1 Å². The summed E-state index contributed by atoms with van der Waals surface area (Å²) in [4.78, 5) is 24.7. The number of methoxy groups -OCH3 is 1. The summed E-state index contributed by atoms with van der Waals surface area (Å²) in [6.45, 7) is 5.51. The molecule has 8 heteroatoms. The highest BCUT2D eigenvalue weighted by atomic mass is 16.5. The second kappa shape index (κ2) is 9.84. The van der Waals surface area contributed by atoms with Crippen LogP contribution in [0.15, 0.2) is 48.5 Å². The Morgan fingerprint density at radius 3 is 2.39 bits per heavy atom. The number of amides is 1. The van der Waals surface area contributed by atoms with Gasteiger partial charge >= 0.3 is 0 Å². The van der Waals surface area contributed by atoms with E-state index in [0.29, 0.717) is 36.7 Å². The van der Waals surface area contributed by atoms with Gasteiger partial charge in [-0.05, 0) is 43.7 Å². The number of morpholine rings is 1. The van der Waals surface area contributed by atoms with Crippen molar-refractivity contribution in [3.8, 4) is 11.8 Å². The minimum atomic E-state index is -1.09. The van der Waals surface area contributed by atoms with Gasteiger partial charge in [0.15, 0.2) is 11.7 Å². The molecule has 1 N–H and O–H groups in total. The van der Waals surface area contributed by atoms with Crippen LogP contribution in [0.4, 0.5) is 5.82 Å². The first-order valence-electron chi connectivity index (χ1n) is 11.0. The van der Waals surface area contributed by atoms with Gasteiger partial charge in [-0.3, -0.25) is 4.79 Å². The van der Waals surface area contributed by atoms with Crippen molar-refractivity contribution in [2.24, 2.45) is 0 Å². The van der Waals surface area contributed by atoms with Gasteiger partial charge in [0.2, 0.25) is 5.91 Å². The van der Waals surface area contributed by atoms with Crippen molar-refractivity contribution in [1.82, 2.24) is 15.3 Å². The number of anilines is 1. The van der Waals surface area contributed by atoms with Crippen molar-refractivity contribution in [1.29, 1.82) is 5.26 Å². The van der Waals surface area contributed by atoms with Gasteiger partial charge in [-0.2, -0.15) is 5.26 Å². The Labute approximate surface area is 193 Å². The van der Waals surface area contributed by atoms with Crippen LogP contribution in [-0.2, 0) is 16.1 Å². The third kappa shape index (κ3) is 5.04. The topological polar surface area (TPSA) is 100 Å². The molecule has 1 aromatic heterocycles. The first-order chi connectivity index (χ1) is 16.0. The van der Waals surface area contributed by atoms with Gasteiger partial charge in [0.1, 0.15) is 11.4 Å². The number of hydrogen-bond acceptors (Lipinski definition) is 7. The maximum Gasteiger partial charge on any atom is 0.243 e. The maximum absolute atomic E-state index is 13.1. The predicted molar refractivity (Wildman–Crippen MR) is 125 cm³/mol. The molecule has 8 nitrogen and oxygen atoms in total. The Kier molecular flexibility index (Phi) is 6.71. The summed E-state index contributed by atoms with van der Waals surface area (Å²) in [5.74, 6) is -0.204. The SMILES string of the molecule is COc1ccc(CNC(=O)[C@H](C#N)c2nc3ccccc3nc2N2C[C@H](C)O[C@@H](C)C2)cc1. The lowest BCUT2D eigenvalue weighted by Crippen LogP contribution is -2.46. The number of nitrogens with one attached hydrogen (secondary N) is 1. The molecule has 0 unspecified atom stereocenters. The van der Waals surface area contributed by atoms with E-state index < -0.39 is 11.8 Å². The van der Waals surface area contributed by atoms with Crippen LogP contribution < -0.4 is 15.0 Å². The highest BCUT2D eigenvalue weighted by molar-refractivity contribution is 5.88. The molecule has 0 radical (unpaired) electrons. The van der Waals surface area contributed by atoms with E-state index in [2.05, 4.69) is 16.3 Å². The third-order valence-electron chi connectivity index (χ3n) is 5.59. The summed E-state index contributed by atoms with van der Waals surface area (Å²) < 4.78 is 11.0. The molecule has 3 aromatic rings. The van der Waals surface area contributed by atoms with Crippen LogP contribution in [0.2, 0.25) is 0 Å². The number of aromatic nitrogens is 2. The van der Waals surface area contributed by atoms with Crippen LogP contribution in [0, 0.1) is 11.3 Å². The zero-order valence-corrected chi connectivity index (χ0v) is 19.0. The Morgan fingerprint density at radius 1 is 1.15 bits per heavy atom. The quantitative estimate of drug-likeness (QED) is 0.622. The van der Waals surface area contributed by atoms with Crippen LogP contribution in [0.5, 0.6) is 5.75 Å². The van der Waals surface area contributed by atoms with Crippen LogP contribution in [0.25, 0.3) is 11.0 Å². The van der Waals surface area contributed by atoms with Gasteiger partial charge in [0.25, 0.3) is 0 Å². The molecule has 1 fully saturated rings. The molecule has 0 bridgehead atoms. The molecule has 33 heavy (non-hydrogen) atoms. The molecule has 0 spiro atoms. The van der Waals surface area contributed by atoms with E-state index in [4.69, 9.17) is 19.4 Å². The van der Waals surface area contributed by atoms with Crippen molar-refractivity contribution < 1.29 is 14.3 Å². The molecule has 3 atom stereocenters. The minimum Gasteiger partial charge on any atom is -0.497 e. The van der Waals surface area contributed by atoms with E-state index in [-0.39, 0.29) is 12.2 Å². The summed E-state index contributed by atoms with van der Waals surface area (Å²) >= 11 is 0. The highest BCUT2D eigenvalue weighted by Gasteiger charge is 2.31. The highest BCUT2D eigenvalue weighted by Crippen LogP contribution is 2.29. The van der Waals surface area contributed by atoms with Crippen LogP contribution in [-0.4, -0.2) is 48.3 Å². The molecular formula is C25H27N5O3. The predicted octanol–water partition coefficient (Wildman–Crippen LogP) is 3.18. The number of benzene rings is 2. The monoisotopic (exact) mass is 445 g/mol. The Morgan fingerprint density at radius 2 is 1.79 bits per heavy atom. The summed E-state index contributed by atoms with van der Waals surface area (Å²) in [5, 5.41) is 12.8. The van der Waals surface area contributed by atoms with Gasteiger partial charge in [-0.25, -0.2) is 9.97 Å². The zero-order chi connectivity index (χ0) is 23.4. The van der Waals surface area contributed by atoms with E-state index >= 15 is 0 Å². The van der Waals surface area contributed by atoms with Crippen molar-refractivity contribution in [3.05, 3.63) is 59.8 Å². The Hall–Kier alpha value is -3.70. The summed E-state index contributed by atoms with van der Waals surface area (Å²) in [5.41, 5.74) is 2.64. The van der Waals surface area contributed by atoms with Crippen LogP contribution >= 0.6 is 0 Å². The van der Waals surface area contributed by atoms with Gasteiger partial charge < -0.3 is 19.7 Å². The van der Waals surface area contributed by atoms with Gasteiger partial charge in [0, 0.05) is 19.6 Å². The molecule has 0 aliphatic carbocycles. The molecule has 2 heterocycles. The second-order valence-corrected chi connectivity index (χ2v) is 8.21. The standard InChI is InChI=1S/C25H27N5O3/c1-16-14-30(15-17(2)33-16)24-23(28-21-6-4-5-7-22(21)29-24)20(12-26)25(31)27-13-18-8-10-19(32-3)11-9-18/h4-11,16-17,20H,13-15H2,1-3H3,(H,27,31)/t16-,17-,20+/m0/s1. The normalized spacial score (nSPS) is 19.0. The van der Waals surface area contributed by atoms with Crippen molar-refractivity contribution >= 4 is 22.8 Å². The molecule has 4 rings (SSSR count). The third-order valence-corrected chi connectivity index (χ3v) is 5.59. The fourth-order valence-corrected chi connectivity index (χ4v) is 4.06. The number of nitriles is 1. The molecule has 1 aliphatic heterocycles. The van der Waals surface area contributed by atoms with Crippen LogP contribution in [0.1, 0.15) is 31.0 Å². The zero-order valence-electron chi connectivity index (χ0n) is 19.0. The molecule has 170 valence electrons. The lowest BCUT2D eigenvalue weighted by Gasteiger charge is -2.37. The minimum absolute atomic E-state index is 0.000644. The molecule has 1 amide bonds. The number of para-hydroxylation sites is 2. The summed E-state index contributed by atoms with van der Waals surface area (Å²) in [7, 11) is 1.60. The number of ether oxygens (including phenoxy) is 2. The van der Waals surface area contributed by atoms with Gasteiger partial charge in [-0.1, -0.05) is 24.3 Å². The smallest absolute Gasteiger partial charge is 0.243 e. The lowest BCUT2D eigenvalue weighted by molar-refractivity contribution is -0.121. The molecule has 0 saturated carbocycles. The average molecular weight is 446 g/mol. The molecular weight excluding hydrogens is 418 g/mol. The number of hydrogen-bond donors (Lipinski definition) is 1. The first kappa shape index (κ1) is 22.5. The number of carbonyl (C=O) groups is 1. The van der Waals surface area contributed by atoms with E-state index in [1.54, 1.807) is 7.11 Å². The van der Waals surface area contributed by atoms with Gasteiger partial charge in [-0.15, -0.1) is 0 Å². The number of carbonyl (C=O) groups excluding carboxylic acids is 1. The summed E-state index contributed by atoms with van der Waals surface area (Å²) in [6.07, 6.45) is -0.00129. The average Bonchev–Trinajstić information content (AvgIpc) is 2.82. The second-order valence-electron chi connectivity index (χ2n) is 8.21. The van der Waals surface area contributed by atoms with E-state index in [1.807, 2.05) is 62.4 Å². The number of fused-ring (bicyclic) bond motifs is 1. The fraction of sp³-hybridized carbons (Fsp3) is 0.360. The first-order valence-corrected chi connectivity index (χ1v) is 11.0. The van der Waals surface area contributed by atoms with E-state index in [9.17, 15) is 10.1 Å². The van der Waals surface area contributed by atoms with E-state index in [0.717, 1.165) is 16.8 Å². The molecule has 2 aromatic carbocycles. The van der Waals surface area contributed by atoms with E-state index in [1.165, 1.54) is 0 Å². The van der Waals surface area contributed by atoms with Crippen molar-refractivity contribution in [3.63, 3.8) is 0 Å². The van der Waals surface area contributed by atoms with Crippen molar-refractivity contribution in [2.45, 2.75) is 38.5 Å². The maximum atomic E-state index is 13.1. The Bertz CT molecular complexity index is 1160.